The van der Waals surface area contributed by atoms with E-state index in [0.29, 0.717) is 31.8 Å². The lowest BCUT2D eigenvalue weighted by Gasteiger charge is -2.36. The molecule has 4 rings (SSSR count). The summed E-state index contributed by atoms with van der Waals surface area (Å²) in [4.78, 5) is 14.5. The highest BCUT2D eigenvalue weighted by Gasteiger charge is 2.31. The van der Waals surface area contributed by atoms with Gasteiger partial charge in [-0.2, -0.15) is 5.10 Å². The molecular formula is C20H24FN3O2. The van der Waals surface area contributed by atoms with Crippen molar-refractivity contribution in [1.29, 1.82) is 0 Å². The summed E-state index contributed by atoms with van der Waals surface area (Å²) in [6, 6.07) is 8.35. The highest BCUT2D eigenvalue weighted by Crippen LogP contribution is 2.38. The second-order valence-electron chi connectivity index (χ2n) is 7.50. The van der Waals surface area contributed by atoms with E-state index >= 15 is 0 Å². The highest BCUT2D eigenvalue weighted by molar-refractivity contribution is 5.76. The topological polar surface area (TPSA) is 58.4 Å². The average Bonchev–Trinajstić information content (AvgIpc) is 3.38. The van der Waals surface area contributed by atoms with E-state index in [1.165, 1.54) is 25.0 Å². The van der Waals surface area contributed by atoms with Gasteiger partial charge >= 0.3 is 0 Å². The van der Waals surface area contributed by atoms with Crippen molar-refractivity contribution in [2.75, 3.05) is 13.1 Å². The van der Waals surface area contributed by atoms with Gasteiger partial charge in [-0.1, -0.05) is 12.1 Å². The van der Waals surface area contributed by atoms with Crippen molar-refractivity contribution in [2.45, 2.75) is 44.2 Å². The number of carbonyl (C=O) groups excluding carboxylic acids is 1. The minimum absolute atomic E-state index is 0.0298. The summed E-state index contributed by atoms with van der Waals surface area (Å²) in [6.07, 6.45) is 5.04. The molecule has 2 atom stereocenters. The zero-order chi connectivity index (χ0) is 18.1. The molecule has 0 spiro atoms. The van der Waals surface area contributed by atoms with Crippen molar-refractivity contribution in [2.24, 2.45) is 5.92 Å². The third kappa shape index (κ3) is 3.96. The molecule has 1 N–H and O–H groups in total. The fourth-order valence-corrected chi connectivity index (χ4v) is 3.67. The SMILES string of the molecule is O=C(Cn1ccc(C2CC2)n1)N1CC[C@H](O)[C@H](Cc2ccc(F)cc2)C1. The summed E-state index contributed by atoms with van der Waals surface area (Å²) in [5.74, 6) is 0.320. The van der Waals surface area contributed by atoms with E-state index in [1.807, 2.05) is 17.2 Å². The van der Waals surface area contributed by atoms with Gasteiger partial charge in [-0.05, 0) is 49.4 Å². The molecule has 5 nitrogen and oxygen atoms in total. The van der Waals surface area contributed by atoms with Crippen molar-refractivity contribution < 1.29 is 14.3 Å². The van der Waals surface area contributed by atoms with Crippen LogP contribution in [0, 0.1) is 11.7 Å². The molecule has 2 fully saturated rings. The molecule has 1 aromatic heterocycles. The van der Waals surface area contributed by atoms with Gasteiger partial charge in [0, 0.05) is 31.1 Å². The number of hydrogen-bond acceptors (Lipinski definition) is 3. The Hall–Kier alpha value is -2.21. The number of aliphatic hydroxyl groups is 1. The highest BCUT2D eigenvalue weighted by atomic mass is 19.1. The second kappa shape index (κ2) is 7.19. The Morgan fingerprint density at radius 2 is 1.96 bits per heavy atom. The summed E-state index contributed by atoms with van der Waals surface area (Å²) in [6.45, 7) is 1.33. The molecule has 2 heterocycles. The van der Waals surface area contributed by atoms with Crippen LogP contribution in [0.1, 0.15) is 36.4 Å². The van der Waals surface area contributed by atoms with Crippen LogP contribution in [0.5, 0.6) is 0 Å². The number of halogens is 1. The summed E-state index contributed by atoms with van der Waals surface area (Å²) in [5.41, 5.74) is 2.06. The molecule has 1 aromatic carbocycles. The van der Waals surface area contributed by atoms with E-state index in [-0.39, 0.29) is 24.2 Å². The zero-order valence-electron chi connectivity index (χ0n) is 14.7. The number of aromatic nitrogens is 2. The Labute approximate surface area is 152 Å². The lowest BCUT2D eigenvalue weighted by molar-refractivity contribution is -0.135. The third-order valence-electron chi connectivity index (χ3n) is 5.41. The van der Waals surface area contributed by atoms with Crippen LogP contribution in [0.4, 0.5) is 4.39 Å². The van der Waals surface area contributed by atoms with Gasteiger partial charge in [0.1, 0.15) is 12.4 Å². The lowest BCUT2D eigenvalue weighted by atomic mass is 9.88. The molecule has 1 aliphatic carbocycles. The quantitative estimate of drug-likeness (QED) is 0.894. The Morgan fingerprint density at radius 3 is 2.69 bits per heavy atom. The Morgan fingerprint density at radius 1 is 1.19 bits per heavy atom. The number of hydrogen-bond donors (Lipinski definition) is 1. The largest absolute Gasteiger partial charge is 0.393 e. The summed E-state index contributed by atoms with van der Waals surface area (Å²) in [7, 11) is 0. The maximum absolute atomic E-state index is 13.1. The smallest absolute Gasteiger partial charge is 0.244 e. The fraction of sp³-hybridized carbons (Fsp3) is 0.500. The minimum Gasteiger partial charge on any atom is -0.393 e. The van der Waals surface area contributed by atoms with Crippen molar-refractivity contribution in [3.8, 4) is 0 Å². The normalized spacial score (nSPS) is 23.2. The van der Waals surface area contributed by atoms with Crippen LogP contribution in [0.15, 0.2) is 36.5 Å². The van der Waals surface area contributed by atoms with Crippen LogP contribution in [0.2, 0.25) is 0 Å². The van der Waals surface area contributed by atoms with E-state index in [0.717, 1.165) is 11.3 Å². The van der Waals surface area contributed by atoms with E-state index in [2.05, 4.69) is 5.10 Å². The van der Waals surface area contributed by atoms with Crippen LogP contribution in [0.25, 0.3) is 0 Å². The molecule has 0 unspecified atom stereocenters. The van der Waals surface area contributed by atoms with E-state index < -0.39 is 6.10 Å². The van der Waals surface area contributed by atoms with Gasteiger partial charge in [-0.3, -0.25) is 9.48 Å². The van der Waals surface area contributed by atoms with Crippen LogP contribution in [-0.4, -0.2) is 44.9 Å². The van der Waals surface area contributed by atoms with Gasteiger partial charge in [-0.25, -0.2) is 4.39 Å². The molecule has 2 aliphatic rings. The maximum atomic E-state index is 13.1. The van der Waals surface area contributed by atoms with Gasteiger partial charge in [-0.15, -0.1) is 0 Å². The monoisotopic (exact) mass is 357 g/mol. The van der Waals surface area contributed by atoms with E-state index in [4.69, 9.17) is 0 Å². The first kappa shape index (κ1) is 17.2. The number of nitrogens with zero attached hydrogens (tertiary/aromatic N) is 3. The van der Waals surface area contributed by atoms with Gasteiger partial charge < -0.3 is 10.0 Å². The lowest BCUT2D eigenvalue weighted by Crippen LogP contribution is -2.47. The van der Waals surface area contributed by atoms with Gasteiger partial charge in [0.15, 0.2) is 0 Å². The van der Waals surface area contributed by atoms with Crippen molar-refractivity contribution in [1.82, 2.24) is 14.7 Å². The number of carbonyl (C=O) groups is 1. The van der Waals surface area contributed by atoms with Crippen LogP contribution < -0.4 is 0 Å². The molecule has 1 amide bonds. The standard InChI is InChI=1S/C20H24FN3O2/c21-17-5-1-14(2-6-17)11-16-12-23(9-8-19(16)25)20(26)13-24-10-7-18(22-24)15-3-4-15/h1-2,5-7,10,15-16,19,25H,3-4,8-9,11-13H2/t16-,19+/m1/s1. The van der Waals surface area contributed by atoms with E-state index in [9.17, 15) is 14.3 Å². The summed E-state index contributed by atoms with van der Waals surface area (Å²) in [5, 5.41) is 14.8. The number of likely N-dealkylation sites (tertiary alicyclic amines) is 1. The van der Waals surface area contributed by atoms with Crippen molar-refractivity contribution >= 4 is 5.91 Å². The van der Waals surface area contributed by atoms with Gasteiger partial charge in [0.2, 0.25) is 5.91 Å². The molecule has 6 heteroatoms. The Kier molecular flexibility index (Phi) is 4.76. The number of amides is 1. The first-order chi connectivity index (χ1) is 12.6. The number of benzene rings is 1. The molecule has 2 aromatic rings. The number of aliphatic hydroxyl groups excluding tert-OH is 1. The van der Waals surface area contributed by atoms with Crippen LogP contribution >= 0.6 is 0 Å². The Bertz CT molecular complexity index is 770. The maximum Gasteiger partial charge on any atom is 0.244 e. The molecule has 1 aliphatic heterocycles. The van der Waals surface area contributed by atoms with Gasteiger partial charge in [0.25, 0.3) is 0 Å². The van der Waals surface area contributed by atoms with Crippen LogP contribution in [0.3, 0.4) is 0 Å². The molecular weight excluding hydrogens is 333 g/mol. The molecule has 1 saturated heterocycles. The van der Waals surface area contributed by atoms with Crippen molar-refractivity contribution in [3.05, 3.63) is 53.6 Å². The average molecular weight is 357 g/mol. The molecule has 0 bridgehead atoms. The first-order valence-corrected chi connectivity index (χ1v) is 9.32. The van der Waals surface area contributed by atoms with Crippen LogP contribution in [-0.2, 0) is 17.8 Å². The van der Waals surface area contributed by atoms with E-state index in [1.54, 1.807) is 16.8 Å². The molecule has 1 saturated carbocycles. The number of rotatable bonds is 5. The predicted octanol–water partition coefficient (Wildman–Crippen LogP) is 2.35. The second-order valence-corrected chi connectivity index (χ2v) is 7.50. The fourth-order valence-electron chi connectivity index (χ4n) is 3.67. The molecule has 26 heavy (non-hydrogen) atoms. The molecule has 138 valence electrons. The third-order valence-corrected chi connectivity index (χ3v) is 5.41. The Balaban J connectivity index is 1.36. The summed E-state index contributed by atoms with van der Waals surface area (Å²) < 4.78 is 14.8. The predicted molar refractivity (Wildman–Crippen MR) is 95.0 cm³/mol. The summed E-state index contributed by atoms with van der Waals surface area (Å²) >= 11 is 0. The van der Waals surface area contributed by atoms with Gasteiger partial charge in [0.05, 0.1) is 11.8 Å². The number of piperidine rings is 1. The first-order valence-electron chi connectivity index (χ1n) is 9.32. The van der Waals surface area contributed by atoms with Crippen molar-refractivity contribution in [3.63, 3.8) is 0 Å². The zero-order valence-corrected chi connectivity index (χ0v) is 14.7. The minimum atomic E-state index is -0.435. The molecule has 0 radical (unpaired) electrons.